The maximum Gasteiger partial charge on any atom is 0.253 e. The molecule has 140 valence electrons. The molecule has 0 saturated heterocycles. The van der Waals surface area contributed by atoms with Crippen molar-refractivity contribution in [3.63, 3.8) is 0 Å². The lowest BCUT2D eigenvalue weighted by molar-refractivity contribution is 0.0542. The second kappa shape index (κ2) is 8.61. The Bertz CT molecular complexity index is 605. The van der Waals surface area contributed by atoms with Gasteiger partial charge in [-0.1, -0.05) is 6.07 Å². The third kappa shape index (κ3) is 5.66. The highest BCUT2D eigenvalue weighted by molar-refractivity contribution is 5.64. The molecule has 0 N–H and O–H groups in total. The quantitative estimate of drug-likeness (QED) is 0.358. The first kappa shape index (κ1) is 19.6. The van der Waals surface area contributed by atoms with Gasteiger partial charge in [-0.05, 0) is 37.8 Å². The molecule has 0 aliphatic heterocycles. The number of alkyl halides is 2. The van der Waals surface area contributed by atoms with Gasteiger partial charge in [0.2, 0.25) is 0 Å². The molecular formula is C19H28F2N2O2. The van der Waals surface area contributed by atoms with E-state index in [2.05, 4.69) is 18.0 Å². The van der Waals surface area contributed by atoms with Gasteiger partial charge in [0.05, 0.1) is 31.7 Å². The lowest BCUT2D eigenvalue weighted by Crippen LogP contribution is -2.14. The van der Waals surface area contributed by atoms with Crippen molar-refractivity contribution in [1.29, 1.82) is 0 Å². The lowest BCUT2D eigenvalue weighted by Gasteiger charge is -2.13. The number of hydrogen-bond donors (Lipinski definition) is 0. The number of nitrogens with zero attached hydrogens (tertiary/aromatic N) is 2. The number of ether oxygens (including phenoxy) is 2. The van der Waals surface area contributed by atoms with Gasteiger partial charge in [-0.15, -0.1) is 0 Å². The van der Waals surface area contributed by atoms with Crippen LogP contribution in [0.1, 0.15) is 30.9 Å². The predicted molar refractivity (Wildman–Crippen MR) is 96.4 cm³/mol. The zero-order chi connectivity index (χ0) is 18.4. The minimum absolute atomic E-state index is 0.0325. The summed E-state index contributed by atoms with van der Waals surface area (Å²) in [6.45, 7) is 5.62. The number of hydrogen-bond acceptors (Lipinski definition) is 3. The van der Waals surface area contributed by atoms with E-state index in [-0.39, 0.29) is 13.0 Å². The van der Waals surface area contributed by atoms with E-state index < -0.39 is 11.8 Å². The molecule has 0 amide bonds. The molecule has 0 heterocycles. The largest absolute Gasteiger partial charge is 0.496 e. The van der Waals surface area contributed by atoms with Crippen LogP contribution in [0.15, 0.2) is 17.1 Å². The van der Waals surface area contributed by atoms with Gasteiger partial charge in [-0.3, -0.25) is 0 Å². The molecule has 1 fully saturated rings. The van der Waals surface area contributed by atoms with Gasteiger partial charge in [0.25, 0.3) is 5.92 Å². The van der Waals surface area contributed by atoms with Crippen molar-refractivity contribution in [1.82, 2.24) is 4.90 Å². The van der Waals surface area contributed by atoms with Crippen molar-refractivity contribution in [2.45, 2.75) is 39.0 Å². The number of methoxy groups -OCH3 is 1. The van der Waals surface area contributed by atoms with E-state index in [1.54, 1.807) is 7.11 Å². The number of halogens is 2. The highest BCUT2D eigenvalue weighted by atomic mass is 19.3. The molecule has 1 aliphatic rings. The lowest BCUT2D eigenvalue weighted by atomic mass is 10.0. The van der Waals surface area contributed by atoms with Crippen LogP contribution in [0.2, 0.25) is 0 Å². The molecule has 1 saturated carbocycles. The monoisotopic (exact) mass is 354 g/mol. The highest BCUT2D eigenvalue weighted by Gasteiger charge is 2.56. The van der Waals surface area contributed by atoms with Crippen molar-refractivity contribution in [3.05, 3.63) is 23.3 Å². The maximum atomic E-state index is 12.8. The van der Waals surface area contributed by atoms with Crippen LogP contribution in [-0.4, -0.2) is 51.1 Å². The Morgan fingerprint density at radius 1 is 1.40 bits per heavy atom. The molecule has 0 spiro atoms. The van der Waals surface area contributed by atoms with E-state index in [4.69, 9.17) is 9.47 Å². The predicted octanol–water partition coefficient (Wildman–Crippen LogP) is 4.22. The summed E-state index contributed by atoms with van der Waals surface area (Å²) in [7, 11) is 3.62. The Morgan fingerprint density at radius 3 is 2.72 bits per heavy atom. The van der Waals surface area contributed by atoms with Crippen LogP contribution in [0.4, 0.5) is 14.5 Å². The molecule has 6 heteroatoms. The highest BCUT2D eigenvalue weighted by Crippen LogP contribution is 2.48. The first-order valence-electron chi connectivity index (χ1n) is 8.75. The smallest absolute Gasteiger partial charge is 0.253 e. The first-order chi connectivity index (χ1) is 11.9. The molecule has 2 rings (SSSR count). The van der Waals surface area contributed by atoms with Crippen molar-refractivity contribution >= 4 is 12.0 Å². The number of benzene rings is 1. The van der Waals surface area contributed by atoms with Gasteiger partial charge >= 0.3 is 0 Å². The van der Waals surface area contributed by atoms with Gasteiger partial charge in [0.15, 0.2) is 0 Å². The van der Waals surface area contributed by atoms with E-state index in [0.717, 1.165) is 42.0 Å². The molecule has 1 aromatic carbocycles. The summed E-state index contributed by atoms with van der Waals surface area (Å²) >= 11 is 0. The van der Waals surface area contributed by atoms with Crippen LogP contribution >= 0.6 is 0 Å². The van der Waals surface area contributed by atoms with Gasteiger partial charge in [0.1, 0.15) is 5.75 Å². The molecule has 1 aromatic rings. The fourth-order valence-electron chi connectivity index (χ4n) is 2.54. The van der Waals surface area contributed by atoms with Crippen molar-refractivity contribution in [3.8, 4) is 5.75 Å². The average molecular weight is 354 g/mol. The van der Waals surface area contributed by atoms with Crippen LogP contribution in [0.5, 0.6) is 5.75 Å². The summed E-state index contributed by atoms with van der Waals surface area (Å²) in [6.07, 6.45) is 3.33. The normalized spacial score (nSPS) is 18.6. The minimum atomic E-state index is -2.50. The van der Waals surface area contributed by atoms with Gasteiger partial charge < -0.3 is 14.4 Å². The molecule has 0 bridgehead atoms. The van der Waals surface area contributed by atoms with Crippen LogP contribution in [0.25, 0.3) is 0 Å². The maximum absolute atomic E-state index is 12.8. The van der Waals surface area contributed by atoms with E-state index in [1.165, 1.54) is 0 Å². The van der Waals surface area contributed by atoms with Gasteiger partial charge in [-0.25, -0.2) is 13.8 Å². The summed E-state index contributed by atoms with van der Waals surface area (Å²) < 4.78 is 36.4. The van der Waals surface area contributed by atoms with Gasteiger partial charge in [0, 0.05) is 32.7 Å². The summed E-state index contributed by atoms with van der Waals surface area (Å²) in [6, 6.07) is 4.02. The zero-order valence-corrected chi connectivity index (χ0v) is 15.5. The van der Waals surface area contributed by atoms with Crippen molar-refractivity contribution in [2.75, 3.05) is 33.9 Å². The first-order valence-corrected chi connectivity index (χ1v) is 8.75. The Hall–Kier alpha value is -1.69. The van der Waals surface area contributed by atoms with Crippen molar-refractivity contribution < 1.29 is 18.3 Å². The molecule has 1 aliphatic carbocycles. The molecule has 1 atom stereocenters. The fraction of sp³-hybridized carbons (Fsp3) is 0.632. The summed E-state index contributed by atoms with van der Waals surface area (Å²) in [5.74, 6) is -2.28. The summed E-state index contributed by atoms with van der Waals surface area (Å²) in [5, 5.41) is 0. The summed E-state index contributed by atoms with van der Waals surface area (Å²) in [5.41, 5.74) is 3.05. The van der Waals surface area contributed by atoms with Crippen LogP contribution in [0, 0.1) is 12.8 Å². The molecular weight excluding hydrogens is 326 g/mol. The molecule has 0 radical (unpaired) electrons. The molecule has 25 heavy (non-hydrogen) atoms. The Balaban J connectivity index is 1.87. The number of rotatable bonds is 10. The topological polar surface area (TPSA) is 34.1 Å². The summed E-state index contributed by atoms with van der Waals surface area (Å²) in [4.78, 5) is 6.50. The zero-order valence-electron chi connectivity index (χ0n) is 15.5. The Morgan fingerprint density at radius 2 is 2.12 bits per heavy atom. The van der Waals surface area contributed by atoms with Gasteiger partial charge in [-0.2, -0.15) is 0 Å². The average Bonchev–Trinajstić information content (AvgIpc) is 3.20. The number of aryl methyl sites for hydroxylation is 2. The van der Waals surface area contributed by atoms with E-state index >= 15 is 0 Å². The van der Waals surface area contributed by atoms with E-state index in [0.29, 0.717) is 6.61 Å². The van der Waals surface area contributed by atoms with Crippen LogP contribution in [0.3, 0.4) is 0 Å². The van der Waals surface area contributed by atoms with E-state index in [1.807, 2.05) is 31.3 Å². The minimum Gasteiger partial charge on any atom is -0.496 e. The second-order valence-corrected chi connectivity index (χ2v) is 6.61. The van der Waals surface area contributed by atoms with Crippen LogP contribution in [-0.2, 0) is 11.2 Å². The fourth-order valence-corrected chi connectivity index (χ4v) is 2.54. The van der Waals surface area contributed by atoms with E-state index in [9.17, 15) is 8.78 Å². The Kier molecular flexibility index (Phi) is 6.76. The Labute approximate surface area is 148 Å². The van der Waals surface area contributed by atoms with Crippen LogP contribution < -0.4 is 4.74 Å². The number of aliphatic imine (C=N–C) groups is 1. The molecule has 0 aromatic heterocycles. The molecule has 1 unspecified atom stereocenters. The molecule has 4 nitrogen and oxygen atoms in total. The standard InChI is InChI=1S/C19H28F2N2O2/c1-5-23(3)13-22-17-10-18(24-4)15(9-14(17)2)7-6-8-25-12-16-11-19(16,20)21/h9-10,13,16H,5-8,11-12H2,1-4H3. The third-order valence-electron chi connectivity index (χ3n) is 4.50. The SMILES string of the molecule is CCN(C)C=Nc1cc(OC)c(CCCOCC2CC2(F)F)cc1C. The third-order valence-corrected chi connectivity index (χ3v) is 4.50. The second-order valence-electron chi connectivity index (χ2n) is 6.61. The van der Waals surface area contributed by atoms with Crippen molar-refractivity contribution in [2.24, 2.45) is 10.9 Å².